The Kier molecular flexibility index (Phi) is 11.6. The Labute approximate surface area is 367 Å². The van der Waals surface area contributed by atoms with Crippen molar-refractivity contribution in [3.05, 3.63) is 72.0 Å². The van der Waals surface area contributed by atoms with Crippen LogP contribution >= 0.6 is 11.3 Å². The number of nitrogens with two attached hydrogens (primary N) is 2. The number of aromatic nitrogens is 3. The Bertz CT molecular complexity index is 2580. The van der Waals surface area contributed by atoms with E-state index in [0.717, 1.165) is 50.8 Å². The molecule has 10 nitrogen and oxygen atoms in total. The van der Waals surface area contributed by atoms with Crippen LogP contribution in [0.5, 0.6) is 5.75 Å². The van der Waals surface area contributed by atoms with Gasteiger partial charge in [0, 0.05) is 67.2 Å². The number of hydrogen-bond acceptors (Lipinski definition) is 11. The molecule has 10 rings (SSSR count). The van der Waals surface area contributed by atoms with Crippen molar-refractivity contribution in [2.45, 2.75) is 75.0 Å². The average Bonchev–Trinajstić information content (AvgIpc) is 3.41. The number of halogens is 7. The summed E-state index contributed by atoms with van der Waals surface area (Å²) < 4.78 is 115. The van der Waals surface area contributed by atoms with Crippen LogP contribution in [-0.2, 0) is 27.7 Å². The van der Waals surface area contributed by atoms with E-state index in [1.165, 1.54) is 6.20 Å². The Morgan fingerprint density at radius 2 is 1.84 bits per heavy atom. The van der Waals surface area contributed by atoms with Crippen LogP contribution in [0.3, 0.4) is 0 Å². The van der Waals surface area contributed by atoms with Gasteiger partial charge in [-0.15, -0.1) is 22.4 Å². The Balaban J connectivity index is 0.000000319. The normalized spacial score (nSPS) is 23.6. The van der Waals surface area contributed by atoms with Gasteiger partial charge in [0.15, 0.2) is 0 Å². The average molecular weight is 925 g/mol. The quantitative estimate of drug-likeness (QED) is 0.125. The van der Waals surface area contributed by atoms with Crippen molar-refractivity contribution in [2.24, 2.45) is 11.3 Å². The molecule has 3 aromatic heterocycles. The first-order valence-electron chi connectivity index (χ1n) is 20.1. The summed E-state index contributed by atoms with van der Waals surface area (Å²) in [6.45, 7) is 6.77. The molecule has 0 amide bonds. The van der Waals surface area contributed by atoms with E-state index in [-0.39, 0.29) is 85.1 Å². The van der Waals surface area contributed by atoms with E-state index in [9.17, 15) is 18.4 Å². The number of anilines is 3. The van der Waals surface area contributed by atoms with Crippen LogP contribution < -0.4 is 21.1 Å². The van der Waals surface area contributed by atoms with Gasteiger partial charge >= 0.3 is 23.0 Å². The summed E-state index contributed by atoms with van der Waals surface area (Å²) in [5.41, 5.74) is 8.53. The third-order valence-corrected chi connectivity index (χ3v) is 14.1. The summed E-state index contributed by atoms with van der Waals surface area (Å²) in [6.07, 6.45) is 4.53. The molecule has 328 valence electrons. The van der Waals surface area contributed by atoms with Crippen LogP contribution in [0.15, 0.2) is 24.4 Å². The smallest absolute Gasteiger partial charge is 0.492 e. The number of nitrogens with zero attached hydrogens (tertiary/aromatic N) is 6. The second-order valence-corrected chi connectivity index (χ2v) is 17.8. The molecule has 0 unspecified atom stereocenters. The number of ether oxygens (including phenoxy) is 2. The fourth-order valence-corrected chi connectivity index (χ4v) is 11.0. The second kappa shape index (κ2) is 16.3. The van der Waals surface area contributed by atoms with Crippen LogP contribution in [0.2, 0.25) is 0 Å². The number of benzene rings is 2. The molecule has 3 atom stereocenters. The second-order valence-electron chi connectivity index (χ2n) is 16.7. The number of hydrogen-bond donors (Lipinski definition) is 2. The molecule has 4 aliphatic heterocycles. The topological polar surface area (TPSA) is 139 Å². The fourth-order valence-electron chi connectivity index (χ4n) is 10.0. The molecule has 1 saturated carbocycles. The van der Waals surface area contributed by atoms with E-state index in [1.54, 1.807) is 11.0 Å². The number of nitriles is 1. The summed E-state index contributed by atoms with van der Waals surface area (Å²) in [6, 6.07) is 7.81. The SMILES string of the molecule is N#Cc1c(N)sc2c(F)ccc(-c3c(C(F)(F)F)c4c5c(n[c-]nc5c3F)N([C@H](CCC3CCOCC3)c3c[c-]cnc3N)CCO4)c12.[CH2-][C@@]12CCCN1C[C@@]1(CC1(F)F)C2.[Co+3]. The molecule has 2 aromatic carbocycles. The van der Waals surface area contributed by atoms with Crippen molar-refractivity contribution in [3.63, 3.8) is 0 Å². The Hall–Kier alpha value is -4.48. The molecule has 4 N–H and O–H groups in total. The van der Waals surface area contributed by atoms with Crippen LogP contribution in [0.4, 0.5) is 47.4 Å². The molecule has 1 aliphatic carbocycles. The Morgan fingerprint density at radius 1 is 1.08 bits per heavy atom. The third kappa shape index (κ3) is 7.38. The largest absolute Gasteiger partial charge is 3.00 e. The van der Waals surface area contributed by atoms with Crippen LogP contribution in [0.1, 0.15) is 74.1 Å². The van der Waals surface area contributed by atoms with Gasteiger partial charge in [0.25, 0.3) is 5.92 Å². The first-order chi connectivity index (χ1) is 29.1. The zero-order valence-corrected chi connectivity index (χ0v) is 35.0. The zero-order valence-electron chi connectivity index (χ0n) is 33.1. The van der Waals surface area contributed by atoms with Gasteiger partial charge < -0.3 is 47.6 Å². The monoisotopic (exact) mass is 924 g/mol. The summed E-state index contributed by atoms with van der Waals surface area (Å²) in [4.78, 5) is 16.4. The van der Waals surface area contributed by atoms with Gasteiger partial charge in [-0.1, -0.05) is 18.7 Å². The molecule has 3 saturated heterocycles. The van der Waals surface area contributed by atoms with Crippen molar-refractivity contribution in [2.75, 3.05) is 55.8 Å². The number of nitrogen functional groups attached to an aromatic ring is 2. The molecule has 1 spiro atoms. The maximum atomic E-state index is 16.8. The minimum Gasteiger partial charge on any atom is -0.492 e. The standard InChI is InChI=1S/C33H26F5N7O2S.C10H14F2N.Co/c34-20-5-4-18(22-19(14-39)31(41)48-29(20)22)23-25(33(36,37)38)28-24-27(26(23)35)43-15-44-32(24)45(10-13-47-28)21(17-2-1-9-42-30(17)40)6-3-16-7-11-46-12-8-16;1-8-3-2-4-13(8)7-9(5-8)6-10(9,11)12;/h2,4-5,9,16,21H,3,6-8,10-13,41H2,(H2,40,42);1-7H2;/q-2;-1;+3/t21-;8-,9-;/m10./s1. The summed E-state index contributed by atoms with van der Waals surface area (Å²) in [5.74, 6) is -4.71. The van der Waals surface area contributed by atoms with E-state index < -0.39 is 57.6 Å². The number of pyridine rings is 1. The third-order valence-electron chi connectivity index (χ3n) is 13.1. The van der Waals surface area contributed by atoms with Crippen molar-refractivity contribution >= 4 is 49.0 Å². The molecule has 4 fully saturated rings. The zero-order chi connectivity index (χ0) is 43.1. The van der Waals surface area contributed by atoms with Gasteiger partial charge in [0.1, 0.15) is 40.6 Å². The molecule has 7 heterocycles. The van der Waals surface area contributed by atoms with E-state index in [0.29, 0.717) is 55.4 Å². The van der Waals surface area contributed by atoms with Gasteiger partial charge in [0.05, 0.1) is 15.7 Å². The molecule has 62 heavy (non-hydrogen) atoms. The summed E-state index contributed by atoms with van der Waals surface area (Å²) >= 11 is 0.688. The van der Waals surface area contributed by atoms with Gasteiger partial charge in [-0.25, -0.2) is 29.7 Å². The number of fused-ring (bicyclic) bond motifs is 2. The maximum absolute atomic E-state index is 16.8. The predicted octanol–water partition coefficient (Wildman–Crippen LogP) is 9.07. The molecule has 19 heteroatoms. The van der Waals surface area contributed by atoms with E-state index in [1.807, 2.05) is 6.07 Å². The number of rotatable bonds is 6. The molecular weight excluding hydrogens is 885 g/mol. The first-order valence-corrected chi connectivity index (χ1v) is 20.9. The van der Waals surface area contributed by atoms with Crippen molar-refractivity contribution in [1.82, 2.24) is 19.9 Å². The molecular formula is C43H40CoF7N8O2S. The predicted molar refractivity (Wildman–Crippen MR) is 215 cm³/mol. The number of alkyl halides is 5. The summed E-state index contributed by atoms with van der Waals surface area (Å²) in [7, 11) is 0. The van der Waals surface area contributed by atoms with E-state index >= 15 is 17.6 Å². The molecule has 5 aromatic rings. The minimum atomic E-state index is -5.17. The van der Waals surface area contributed by atoms with Gasteiger partial charge in [0.2, 0.25) is 0 Å². The van der Waals surface area contributed by atoms with Crippen LogP contribution in [-0.4, -0.2) is 70.8 Å². The number of thiophene rings is 1. The fraction of sp³-hybridized carbons (Fsp3) is 0.465. The van der Waals surface area contributed by atoms with Crippen molar-refractivity contribution < 1.29 is 57.0 Å². The van der Waals surface area contributed by atoms with Crippen LogP contribution in [0.25, 0.3) is 32.1 Å². The molecule has 0 bridgehead atoms. The summed E-state index contributed by atoms with van der Waals surface area (Å²) in [5, 5.41) is 9.15. The van der Waals surface area contributed by atoms with Gasteiger partial charge in [-0.3, -0.25) is 4.98 Å². The van der Waals surface area contributed by atoms with E-state index in [2.05, 4.69) is 39.2 Å². The Morgan fingerprint density at radius 3 is 2.52 bits per heavy atom. The van der Waals surface area contributed by atoms with Crippen LogP contribution in [0, 0.1) is 53.6 Å². The molecule has 0 radical (unpaired) electrons. The van der Waals surface area contributed by atoms with Crippen molar-refractivity contribution in [1.29, 1.82) is 5.26 Å². The maximum Gasteiger partial charge on any atom is 3.00 e. The van der Waals surface area contributed by atoms with Gasteiger partial charge in [-0.05, 0) is 74.0 Å². The van der Waals surface area contributed by atoms with Crippen molar-refractivity contribution in [3.8, 4) is 22.9 Å². The first kappa shape index (κ1) is 44.1. The molecule has 5 aliphatic rings. The van der Waals surface area contributed by atoms with Gasteiger partial charge in [-0.2, -0.15) is 18.4 Å². The minimum absolute atomic E-state index is 0. The van der Waals surface area contributed by atoms with E-state index in [4.69, 9.17) is 20.9 Å².